The summed E-state index contributed by atoms with van der Waals surface area (Å²) in [4.78, 5) is 12.5. The average Bonchev–Trinajstić information content (AvgIpc) is 2.88. The van der Waals surface area contributed by atoms with Crippen LogP contribution in [-0.2, 0) is 26.0 Å². The number of benzene rings is 2. The second-order valence-electron chi connectivity index (χ2n) is 5.31. The van der Waals surface area contributed by atoms with Gasteiger partial charge in [0.2, 0.25) is 5.60 Å². The molecule has 1 unspecified atom stereocenters. The van der Waals surface area contributed by atoms with E-state index in [0.717, 1.165) is 19.2 Å². The van der Waals surface area contributed by atoms with E-state index in [2.05, 4.69) is 0 Å². The Hall–Kier alpha value is -2.32. The van der Waals surface area contributed by atoms with Crippen LogP contribution < -0.4 is 5.46 Å². The molecule has 4 nitrogen and oxygen atoms in total. The van der Waals surface area contributed by atoms with Gasteiger partial charge in [0, 0.05) is 0 Å². The van der Waals surface area contributed by atoms with Gasteiger partial charge in [0.15, 0.2) is 0 Å². The fourth-order valence-electron chi connectivity index (χ4n) is 2.89. The average molecular weight is 336 g/mol. The Labute approximate surface area is 136 Å². The van der Waals surface area contributed by atoms with Crippen LogP contribution in [0.5, 0.6) is 0 Å². The topological polar surface area (TPSA) is 55.8 Å². The van der Waals surface area contributed by atoms with Crippen molar-refractivity contribution in [2.75, 3.05) is 7.11 Å². The molecule has 0 spiro atoms. The lowest BCUT2D eigenvalue weighted by molar-refractivity contribution is -0.156. The zero-order valence-corrected chi connectivity index (χ0v) is 12.5. The predicted molar refractivity (Wildman–Crippen MR) is 79.4 cm³/mol. The number of carbonyl (C=O) groups is 1. The predicted octanol–water partition coefficient (Wildman–Crippen LogP) is 1.84. The van der Waals surface area contributed by atoms with Gasteiger partial charge < -0.3 is 14.4 Å². The Bertz CT molecular complexity index is 793. The Kier molecular flexibility index (Phi) is 3.89. The maximum atomic E-state index is 13.0. The van der Waals surface area contributed by atoms with Gasteiger partial charge in [0.1, 0.15) is 0 Å². The highest BCUT2D eigenvalue weighted by Gasteiger charge is 2.55. The first-order valence-corrected chi connectivity index (χ1v) is 7.02. The number of hydrogen-bond acceptors (Lipinski definition) is 4. The summed E-state index contributed by atoms with van der Waals surface area (Å²) in [5.41, 5.74) is -2.38. The molecule has 2 aromatic rings. The molecule has 3 rings (SSSR count). The lowest BCUT2D eigenvalue weighted by atomic mass is 9.77. The molecular weight excluding hydrogens is 324 g/mol. The third kappa shape index (κ3) is 2.38. The number of alkyl halides is 3. The van der Waals surface area contributed by atoms with Gasteiger partial charge in [-0.3, -0.25) is 0 Å². The molecule has 8 heteroatoms. The second-order valence-corrected chi connectivity index (χ2v) is 5.31. The van der Waals surface area contributed by atoms with Crippen molar-refractivity contribution < 1.29 is 32.4 Å². The van der Waals surface area contributed by atoms with Crippen LogP contribution >= 0.6 is 0 Å². The van der Waals surface area contributed by atoms with Crippen molar-refractivity contribution in [2.24, 2.45) is 0 Å². The van der Waals surface area contributed by atoms with E-state index in [4.69, 9.17) is 9.39 Å². The summed E-state index contributed by atoms with van der Waals surface area (Å²) in [7, 11) is -0.344. The summed E-state index contributed by atoms with van der Waals surface area (Å²) in [5.74, 6) is -0.911. The standard InChI is InChI=1S/C16H12BF3O4/c1-23-14(21)15(10-5-4-6-11(9-10)16(18,19)20)12-7-2-3-8-13(12)17(22)24-15/h2-9,22H,1H3. The molecule has 1 aliphatic rings. The van der Waals surface area contributed by atoms with E-state index in [-0.39, 0.29) is 11.1 Å². The third-order valence-corrected chi connectivity index (χ3v) is 3.96. The summed E-state index contributed by atoms with van der Waals surface area (Å²) < 4.78 is 49.3. The molecule has 0 aliphatic carbocycles. The normalized spacial score (nSPS) is 20.0. The summed E-state index contributed by atoms with van der Waals surface area (Å²) in [6.07, 6.45) is -4.58. The van der Waals surface area contributed by atoms with Gasteiger partial charge in [-0.05, 0) is 28.7 Å². The highest BCUT2D eigenvalue weighted by atomic mass is 19.4. The molecule has 0 saturated heterocycles. The smallest absolute Gasteiger partial charge is 0.466 e. The van der Waals surface area contributed by atoms with Crippen molar-refractivity contribution in [2.45, 2.75) is 11.8 Å². The first-order valence-electron chi connectivity index (χ1n) is 7.02. The number of ether oxygens (including phenoxy) is 1. The van der Waals surface area contributed by atoms with Crippen molar-refractivity contribution in [3.8, 4) is 0 Å². The number of esters is 1. The number of halogens is 3. The van der Waals surface area contributed by atoms with Gasteiger partial charge in [-0.1, -0.05) is 36.4 Å². The monoisotopic (exact) mass is 336 g/mol. The first kappa shape index (κ1) is 16.5. The molecule has 0 radical (unpaired) electrons. The molecule has 1 aliphatic heterocycles. The maximum absolute atomic E-state index is 13.0. The fourth-order valence-corrected chi connectivity index (χ4v) is 2.89. The fraction of sp³-hybridized carbons (Fsp3) is 0.188. The second kappa shape index (κ2) is 5.64. The van der Waals surface area contributed by atoms with E-state index in [1.807, 2.05) is 0 Å². The van der Waals surface area contributed by atoms with Gasteiger partial charge in [0.25, 0.3) is 0 Å². The van der Waals surface area contributed by atoms with Crippen molar-refractivity contribution in [3.05, 3.63) is 65.2 Å². The van der Waals surface area contributed by atoms with Crippen molar-refractivity contribution in [3.63, 3.8) is 0 Å². The van der Waals surface area contributed by atoms with E-state index < -0.39 is 30.4 Å². The van der Waals surface area contributed by atoms with Gasteiger partial charge in [-0.25, -0.2) is 4.79 Å². The van der Waals surface area contributed by atoms with Crippen LogP contribution in [0.2, 0.25) is 0 Å². The summed E-state index contributed by atoms with van der Waals surface area (Å²) >= 11 is 0. The minimum absolute atomic E-state index is 0.0619. The molecule has 0 amide bonds. The Morgan fingerprint density at radius 3 is 2.58 bits per heavy atom. The number of fused-ring (bicyclic) bond motifs is 1. The van der Waals surface area contributed by atoms with Gasteiger partial charge in [0.05, 0.1) is 12.7 Å². The molecule has 1 atom stereocenters. The first-order chi connectivity index (χ1) is 11.3. The molecule has 0 aromatic heterocycles. The summed E-state index contributed by atoms with van der Waals surface area (Å²) in [6.45, 7) is 0. The van der Waals surface area contributed by atoms with Crippen LogP contribution in [0, 0.1) is 0 Å². The highest BCUT2D eigenvalue weighted by Crippen LogP contribution is 2.40. The maximum Gasteiger partial charge on any atom is 0.492 e. The number of rotatable bonds is 2. The Morgan fingerprint density at radius 2 is 1.92 bits per heavy atom. The molecule has 124 valence electrons. The molecule has 2 aromatic carbocycles. The van der Waals surface area contributed by atoms with Crippen molar-refractivity contribution >= 4 is 18.6 Å². The zero-order chi connectivity index (χ0) is 17.5. The lowest BCUT2D eigenvalue weighted by Crippen LogP contribution is -2.40. The van der Waals surface area contributed by atoms with Crippen LogP contribution in [-0.4, -0.2) is 25.2 Å². The highest BCUT2D eigenvalue weighted by molar-refractivity contribution is 6.62. The molecular formula is C16H12BF3O4. The van der Waals surface area contributed by atoms with E-state index in [1.165, 1.54) is 24.3 Å². The lowest BCUT2D eigenvalue weighted by Gasteiger charge is -2.28. The van der Waals surface area contributed by atoms with Gasteiger partial charge in [-0.2, -0.15) is 13.2 Å². The summed E-state index contributed by atoms with van der Waals surface area (Å²) in [5, 5.41) is 10.1. The SMILES string of the molecule is COC(=O)C1(c2cccc(C(F)(F)F)c2)OB(O)c2ccccc21. The largest absolute Gasteiger partial charge is 0.492 e. The molecule has 0 fully saturated rings. The Balaban J connectivity index is 2.26. The number of hydrogen-bond donors (Lipinski definition) is 1. The third-order valence-electron chi connectivity index (χ3n) is 3.96. The van der Waals surface area contributed by atoms with Crippen LogP contribution in [0.4, 0.5) is 13.2 Å². The molecule has 1 N–H and O–H groups in total. The quantitative estimate of drug-likeness (QED) is 0.672. The van der Waals surface area contributed by atoms with Crippen LogP contribution in [0.25, 0.3) is 0 Å². The van der Waals surface area contributed by atoms with E-state index in [9.17, 15) is 23.0 Å². The van der Waals surface area contributed by atoms with Crippen LogP contribution in [0.3, 0.4) is 0 Å². The van der Waals surface area contributed by atoms with Crippen molar-refractivity contribution in [1.82, 2.24) is 0 Å². The Morgan fingerprint density at radius 1 is 1.21 bits per heavy atom. The minimum Gasteiger partial charge on any atom is -0.466 e. The summed E-state index contributed by atoms with van der Waals surface area (Å²) in [6, 6.07) is 10.5. The molecule has 0 saturated carbocycles. The molecule has 24 heavy (non-hydrogen) atoms. The van der Waals surface area contributed by atoms with Gasteiger partial charge in [-0.15, -0.1) is 0 Å². The van der Waals surface area contributed by atoms with Gasteiger partial charge >= 0.3 is 19.3 Å². The number of methoxy groups -OCH3 is 1. The van der Waals surface area contributed by atoms with Crippen LogP contribution in [0.15, 0.2) is 48.5 Å². The molecule has 0 bridgehead atoms. The van der Waals surface area contributed by atoms with E-state index in [1.54, 1.807) is 12.1 Å². The van der Waals surface area contributed by atoms with Crippen molar-refractivity contribution in [1.29, 1.82) is 0 Å². The van der Waals surface area contributed by atoms with Crippen LogP contribution in [0.1, 0.15) is 16.7 Å². The van der Waals surface area contributed by atoms with E-state index in [0.29, 0.717) is 5.46 Å². The minimum atomic E-state index is -4.58. The zero-order valence-electron chi connectivity index (χ0n) is 12.5. The molecule has 1 heterocycles. The number of carbonyl (C=O) groups excluding carboxylic acids is 1. The van der Waals surface area contributed by atoms with E-state index >= 15 is 0 Å².